The lowest BCUT2D eigenvalue weighted by molar-refractivity contribution is 1.09. The summed E-state index contributed by atoms with van der Waals surface area (Å²) in [7, 11) is 0. The smallest absolute Gasteiger partial charge is 0.0652 e. The molecular weight excluding hydrogens is 292 g/mol. The first kappa shape index (κ1) is 14.4. The summed E-state index contributed by atoms with van der Waals surface area (Å²) in [5.41, 5.74) is 3.03. The summed E-state index contributed by atoms with van der Waals surface area (Å²) < 4.78 is 0. The molecule has 0 saturated heterocycles. The number of benzene rings is 3. The summed E-state index contributed by atoms with van der Waals surface area (Å²) in [6.07, 6.45) is 1.83. The third-order valence-corrected chi connectivity index (χ3v) is 3.45. The van der Waals surface area contributed by atoms with Crippen molar-refractivity contribution in [3.05, 3.63) is 95.5 Å². The Morgan fingerprint density at radius 3 is 1.68 bits per heavy atom. The summed E-state index contributed by atoms with van der Waals surface area (Å²) in [6, 6.07) is 27.7. The molecule has 22 heavy (non-hydrogen) atoms. The first-order valence-electron chi connectivity index (χ1n) is 7.03. The standard InChI is InChI=1S/C19H15ClN2/c20-17-13-11-16(12-14-17)15-21-22(18-7-3-1-4-8-18)19-9-5-2-6-10-19/h1-15H/b21-15+. The number of rotatable bonds is 4. The fourth-order valence-electron chi connectivity index (χ4n) is 2.09. The SMILES string of the molecule is Clc1ccc(/C=N/N(c2ccccc2)c2ccccc2)cc1. The van der Waals surface area contributed by atoms with E-state index in [1.807, 2.05) is 96.2 Å². The van der Waals surface area contributed by atoms with Gasteiger partial charge in [-0.15, -0.1) is 0 Å². The van der Waals surface area contributed by atoms with Gasteiger partial charge in [-0.3, -0.25) is 0 Å². The molecule has 0 unspecified atom stereocenters. The van der Waals surface area contributed by atoms with Crippen LogP contribution in [0.3, 0.4) is 0 Å². The molecule has 0 aliphatic carbocycles. The van der Waals surface area contributed by atoms with E-state index >= 15 is 0 Å². The number of halogens is 1. The molecule has 0 amide bonds. The Hall–Kier alpha value is -2.58. The summed E-state index contributed by atoms with van der Waals surface area (Å²) in [5.74, 6) is 0. The monoisotopic (exact) mass is 306 g/mol. The van der Waals surface area contributed by atoms with Gasteiger partial charge >= 0.3 is 0 Å². The van der Waals surface area contributed by atoms with E-state index in [-0.39, 0.29) is 0 Å². The summed E-state index contributed by atoms with van der Waals surface area (Å²) >= 11 is 5.91. The Morgan fingerprint density at radius 1 is 0.682 bits per heavy atom. The van der Waals surface area contributed by atoms with Crippen molar-refractivity contribution in [1.29, 1.82) is 0 Å². The molecule has 0 N–H and O–H groups in total. The zero-order valence-electron chi connectivity index (χ0n) is 11.9. The average molecular weight is 307 g/mol. The van der Waals surface area contributed by atoms with E-state index in [0.29, 0.717) is 0 Å². The number of hydrogen-bond acceptors (Lipinski definition) is 2. The van der Waals surface area contributed by atoms with Crippen molar-refractivity contribution in [2.75, 3.05) is 5.01 Å². The van der Waals surface area contributed by atoms with Crippen LogP contribution in [0, 0.1) is 0 Å². The molecule has 0 fully saturated rings. The molecule has 0 aliphatic heterocycles. The number of hydrogen-bond donors (Lipinski definition) is 0. The van der Waals surface area contributed by atoms with Crippen molar-refractivity contribution in [2.45, 2.75) is 0 Å². The molecule has 3 aromatic carbocycles. The van der Waals surface area contributed by atoms with Gasteiger partial charge in [-0.1, -0.05) is 60.1 Å². The van der Waals surface area contributed by atoms with E-state index in [1.165, 1.54) is 0 Å². The highest BCUT2D eigenvalue weighted by Crippen LogP contribution is 2.25. The van der Waals surface area contributed by atoms with Crippen LogP contribution in [-0.2, 0) is 0 Å². The molecule has 108 valence electrons. The molecular formula is C19H15ClN2. The van der Waals surface area contributed by atoms with Crippen LogP contribution in [0.4, 0.5) is 11.4 Å². The first-order chi connectivity index (χ1) is 10.8. The topological polar surface area (TPSA) is 15.6 Å². The van der Waals surface area contributed by atoms with Crippen LogP contribution in [0.1, 0.15) is 5.56 Å². The lowest BCUT2D eigenvalue weighted by atomic mass is 10.2. The van der Waals surface area contributed by atoms with Crippen molar-refractivity contribution in [3.8, 4) is 0 Å². The van der Waals surface area contributed by atoms with Crippen molar-refractivity contribution >= 4 is 29.2 Å². The van der Waals surface area contributed by atoms with Crippen LogP contribution in [0.5, 0.6) is 0 Å². The maximum absolute atomic E-state index is 5.91. The minimum atomic E-state index is 0.722. The van der Waals surface area contributed by atoms with Gasteiger partial charge < -0.3 is 0 Å². The lowest BCUT2D eigenvalue weighted by Crippen LogP contribution is -2.09. The Labute approximate surface area is 135 Å². The van der Waals surface area contributed by atoms with Crippen LogP contribution in [0.2, 0.25) is 5.02 Å². The van der Waals surface area contributed by atoms with Crippen molar-refractivity contribution < 1.29 is 0 Å². The van der Waals surface area contributed by atoms with E-state index in [2.05, 4.69) is 5.10 Å². The maximum Gasteiger partial charge on any atom is 0.0652 e. The van der Waals surface area contributed by atoms with Crippen LogP contribution < -0.4 is 5.01 Å². The van der Waals surface area contributed by atoms with Crippen molar-refractivity contribution in [2.24, 2.45) is 5.10 Å². The summed E-state index contributed by atoms with van der Waals surface area (Å²) in [4.78, 5) is 0. The molecule has 3 heteroatoms. The van der Waals surface area contributed by atoms with Gasteiger partial charge in [-0.05, 0) is 42.0 Å². The second-order valence-corrected chi connectivity index (χ2v) is 5.22. The van der Waals surface area contributed by atoms with Gasteiger partial charge in [0.2, 0.25) is 0 Å². The van der Waals surface area contributed by atoms with Gasteiger partial charge in [0.25, 0.3) is 0 Å². The molecule has 3 rings (SSSR count). The Bertz CT molecular complexity index is 698. The van der Waals surface area contributed by atoms with Crippen molar-refractivity contribution in [3.63, 3.8) is 0 Å². The van der Waals surface area contributed by atoms with Crippen LogP contribution in [0.25, 0.3) is 0 Å². The highest BCUT2D eigenvalue weighted by molar-refractivity contribution is 6.30. The van der Waals surface area contributed by atoms with E-state index in [9.17, 15) is 0 Å². The zero-order chi connectivity index (χ0) is 15.2. The number of hydrazone groups is 1. The van der Waals surface area contributed by atoms with Crippen LogP contribution >= 0.6 is 11.6 Å². The van der Waals surface area contributed by atoms with Gasteiger partial charge in [-0.25, -0.2) is 5.01 Å². The molecule has 3 aromatic rings. The van der Waals surface area contributed by atoms with E-state index in [4.69, 9.17) is 11.6 Å². The third kappa shape index (κ3) is 3.54. The quantitative estimate of drug-likeness (QED) is 0.458. The molecule has 0 aliphatic rings. The lowest BCUT2D eigenvalue weighted by Gasteiger charge is -2.19. The minimum absolute atomic E-state index is 0.722. The maximum atomic E-state index is 5.91. The molecule has 0 saturated carbocycles. The summed E-state index contributed by atoms with van der Waals surface area (Å²) in [6.45, 7) is 0. The average Bonchev–Trinajstić information content (AvgIpc) is 2.59. The van der Waals surface area contributed by atoms with Crippen molar-refractivity contribution in [1.82, 2.24) is 0 Å². The highest BCUT2D eigenvalue weighted by Gasteiger charge is 2.06. The minimum Gasteiger partial charge on any atom is -0.234 e. The molecule has 0 atom stereocenters. The molecule has 0 aromatic heterocycles. The van der Waals surface area contributed by atoms with E-state index in [0.717, 1.165) is 22.0 Å². The Balaban J connectivity index is 1.94. The largest absolute Gasteiger partial charge is 0.234 e. The normalized spacial score (nSPS) is 10.8. The highest BCUT2D eigenvalue weighted by atomic mass is 35.5. The fourth-order valence-corrected chi connectivity index (χ4v) is 2.22. The zero-order valence-corrected chi connectivity index (χ0v) is 12.7. The molecule has 0 radical (unpaired) electrons. The predicted molar refractivity (Wildman–Crippen MR) is 94.1 cm³/mol. The molecule has 2 nitrogen and oxygen atoms in total. The third-order valence-electron chi connectivity index (χ3n) is 3.19. The Kier molecular flexibility index (Phi) is 4.52. The number of para-hydroxylation sites is 2. The first-order valence-corrected chi connectivity index (χ1v) is 7.40. The number of anilines is 2. The van der Waals surface area contributed by atoms with Crippen LogP contribution in [-0.4, -0.2) is 6.21 Å². The number of nitrogens with zero attached hydrogens (tertiary/aromatic N) is 2. The van der Waals surface area contributed by atoms with Gasteiger partial charge in [0.15, 0.2) is 0 Å². The van der Waals surface area contributed by atoms with E-state index in [1.54, 1.807) is 0 Å². The predicted octanol–water partition coefficient (Wildman–Crippen LogP) is 5.51. The van der Waals surface area contributed by atoms with Gasteiger partial charge in [0, 0.05) is 5.02 Å². The molecule has 0 spiro atoms. The Morgan fingerprint density at radius 2 is 1.18 bits per heavy atom. The second kappa shape index (κ2) is 6.92. The second-order valence-electron chi connectivity index (χ2n) is 4.78. The fraction of sp³-hybridized carbons (Fsp3) is 0. The molecule has 0 heterocycles. The van der Waals surface area contributed by atoms with Gasteiger partial charge in [-0.2, -0.15) is 5.10 Å². The van der Waals surface area contributed by atoms with Gasteiger partial charge in [0.05, 0.1) is 17.6 Å². The molecule has 0 bridgehead atoms. The van der Waals surface area contributed by atoms with Crippen LogP contribution in [0.15, 0.2) is 90.0 Å². The van der Waals surface area contributed by atoms with Gasteiger partial charge in [0.1, 0.15) is 0 Å². The summed E-state index contributed by atoms with van der Waals surface area (Å²) in [5, 5.41) is 7.26. The van der Waals surface area contributed by atoms with E-state index < -0.39 is 0 Å².